The molecule has 0 aromatic carbocycles. The predicted molar refractivity (Wildman–Crippen MR) is 70.3 cm³/mol. The van der Waals surface area contributed by atoms with Crippen molar-refractivity contribution in [3.8, 4) is 0 Å². The van der Waals surface area contributed by atoms with Gasteiger partial charge in [-0.3, -0.25) is 8.89 Å². The van der Waals surface area contributed by atoms with Crippen molar-refractivity contribution in [1.29, 1.82) is 0 Å². The molecule has 1 aliphatic heterocycles. The summed E-state index contributed by atoms with van der Waals surface area (Å²) in [4.78, 5) is 0. The normalized spacial score (nSPS) is 25.0. The zero-order valence-electron chi connectivity index (χ0n) is 10.4. The number of aromatic nitrogens is 2. The molecule has 1 aromatic rings. The minimum absolute atomic E-state index is 0.526. The second-order valence-electron chi connectivity index (χ2n) is 4.55. The van der Waals surface area contributed by atoms with Crippen LogP contribution in [0, 0.1) is 0 Å². The van der Waals surface area contributed by atoms with Crippen LogP contribution in [0.5, 0.6) is 0 Å². The molecule has 1 aromatic heterocycles. The zero-order valence-corrected chi connectivity index (χ0v) is 11.2. The van der Waals surface area contributed by atoms with Crippen molar-refractivity contribution >= 4 is 10.8 Å². The summed E-state index contributed by atoms with van der Waals surface area (Å²) in [6, 6.07) is 2.60. The molecular weight excluding hydrogens is 234 g/mol. The molecule has 0 unspecified atom stereocenters. The van der Waals surface area contributed by atoms with Crippen molar-refractivity contribution in [2.24, 2.45) is 0 Å². The first-order chi connectivity index (χ1) is 8.29. The molecule has 0 spiro atoms. The van der Waals surface area contributed by atoms with E-state index < -0.39 is 10.8 Å². The zero-order chi connectivity index (χ0) is 12.1. The van der Waals surface area contributed by atoms with E-state index in [1.165, 1.54) is 5.69 Å². The molecule has 4 nitrogen and oxygen atoms in total. The number of nitrogens with one attached hydrogen (secondary N) is 1. The van der Waals surface area contributed by atoms with E-state index in [9.17, 15) is 4.21 Å². The Bertz CT molecular complexity index is 368. The van der Waals surface area contributed by atoms with Crippen LogP contribution in [-0.2, 0) is 23.9 Å². The minimum Gasteiger partial charge on any atom is -0.308 e. The van der Waals surface area contributed by atoms with Crippen LogP contribution in [0.3, 0.4) is 0 Å². The lowest BCUT2D eigenvalue weighted by molar-refractivity contribution is 0.457. The summed E-state index contributed by atoms with van der Waals surface area (Å²) in [5.41, 5.74) is 1.25. The van der Waals surface area contributed by atoms with Gasteiger partial charge in [-0.2, -0.15) is 5.10 Å². The van der Waals surface area contributed by atoms with Gasteiger partial charge in [0.2, 0.25) is 0 Å². The molecule has 0 bridgehead atoms. The highest BCUT2D eigenvalue weighted by molar-refractivity contribution is 7.85. The Morgan fingerprint density at radius 3 is 3.00 bits per heavy atom. The molecule has 0 saturated carbocycles. The van der Waals surface area contributed by atoms with Crippen LogP contribution in [0.2, 0.25) is 0 Å². The van der Waals surface area contributed by atoms with Crippen molar-refractivity contribution < 1.29 is 4.21 Å². The van der Waals surface area contributed by atoms with E-state index in [4.69, 9.17) is 0 Å². The highest BCUT2D eigenvalue weighted by Gasteiger charge is 2.17. The Balaban J connectivity index is 1.81. The van der Waals surface area contributed by atoms with Crippen molar-refractivity contribution in [3.05, 3.63) is 18.0 Å². The van der Waals surface area contributed by atoms with Gasteiger partial charge in [-0.1, -0.05) is 6.92 Å². The fourth-order valence-corrected chi connectivity index (χ4v) is 3.47. The third-order valence-electron chi connectivity index (χ3n) is 3.20. The molecule has 1 N–H and O–H groups in total. The Morgan fingerprint density at radius 1 is 1.53 bits per heavy atom. The first-order valence-corrected chi connectivity index (χ1v) is 7.87. The molecule has 1 aliphatic rings. The van der Waals surface area contributed by atoms with Crippen LogP contribution in [-0.4, -0.2) is 31.5 Å². The summed E-state index contributed by atoms with van der Waals surface area (Å²) in [6.07, 6.45) is 5.04. The van der Waals surface area contributed by atoms with Crippen molar-refractivity contribution in [2.45, 2.75) is 45.3 Å². The molecule has 0 aliphatic carbocycles. The topological polar surface area (TPSA) is 46.9 Å². The van der Waals surface area contributed by atoms with Gasteiger partial charge in [-0.05, 0) is 25.3 Å². The number of hydrogen-bond donors (Lipinski definition) is 1. The lowest BCUT2D eigenvalue weighted by Gasteiger charge is -2.22. The molecule has 1 saturated heterocycles. The van der Waals surface area contributed by atoms with E-state index in [1.807, 2.05) is 6.20 Å². The summed E-state index contributed by atoms with van der Waals surface area (Å²) < 4.78 is 13.3. The quantitative estimate of drug-likeness (QED) is 0.862. The molecule has 2 heterocycles. The van der Waals surface area contributed by atoms with E-state index in [1.54, 1.807) is 0 Å². The molecule has 5 heteroatoms. The molecule has 0 atom stereocenters. The van der Waals surface area contributed by atoms with Crippen LogP contribution >= 0.6 is 0 Å². The number of nitrogens with zero attached hydrogens (tertiary/aromatic N) is 2. The molecule has 17 heavy (non-hydrogen) atoms. The Kier molecular flexibility index (Phi) is 4.74. The van der Waals surface area contributed by atoms with Gasteiger partial charge in [0.25, 0.3) is 0 Å². The summed E-state index contributed by atoms with van der Waals surface area (Å²) in [5.74, 6) is 1.71. The Labute approximate surface area is 105 Å². The van der Waals surface area contributed by atoms with Crippen LogP contribution in [0.25, 0.3) is 0 Å². The van der Waals surface area contributed by atoms with Gasteiger partial charge in [0.05, 0.1) is 5.69 Å². The summed E-state index contributed by atoms with van der Waals surface area (Å²) >= 11 is 0. The first-order valence-electron chi connectivity index (χ1n) is 6.38. The third-order valence-corrected chi connectivity index (χ3v) is 4.58. The number of hydrogen-bond acceptors (Lipinski definition) is 3. The third kappa shape index (κ3) is 3.64. The fourth-order valence-electron chi connectivity index (χ4n) is 2.17. The maximum atomic E-state index is 11.3. The second kappa shape index (κ2) is 6.31. The maximum Gasteiger partial charge on any atom is 0.0522 e. The fraction of sp³-hybridized carbons (Fsp3) is 0.750. The Morgan fingerprint density at radius 2 is 2.29 bits per heavy atom. The van der Waals surface area contributed by atoms with E-state index in [0.717, 1.165) is 43.9 Å². The summed E-state index contributed by atoms with van der Waals surface area (Å²) in [6.45, 7) is 4.02. The number of rotatable bonds is 5. The first kappa shape index (κ1) is 12.8. The summed E-state index contributed by atoms with van der Waals surface area (Å²) in [5, 5.41) is 7.86. The maximum absolute atomic E-state index is 11.3. The molecule has 0 amide bonds. The summed E-state index contributed by atoms with van der Waals surface area (Å²) in [7, 11) is -0.566. The van der Waals surface area contributed by atoms with Crippen LogP contribution in [0.1, 0.15) is 31.9 Å². The molecule has 96 valence electrons. The lowest BCUT2D eigenvalue weighted by Crippen LogP contribution is -2.35. The molecule has 2 rings (SSSR count). The van der Waals surface area contributed by atoms with Gasteiger partial charge >= 0.3 is 0 Å². The van der Waals surface area contributed by atoms with Crippen LogP contribution < -0.4 is 5.32 Å². The Hall–Kier alpha value is -0.680. The van der Waals surface area contributed by atoms with E-state index in [-0.39, 0.29) is 0 Å². The average Bonchev–Trinajstić information content (AvgIpc) is 2.77. The van der Waals surface area contributed by atoms with Crippen LogP contribution in [0.4, 0.5) is 0 Å². The van der Waals surface area contributed by atoms with Crippen LogP contribution in [0.15, 0.2) is 12.3 Å². The van der Waals surface area contributed by atoms with Gasteiger partial charge in [-0.25, -0.2) is 0 Å². The number of aryl methyl sites for hydroxylation is 1. The average molecular weight is 255 g/mol. The SMILES string of the molecule is CCCn1nccc1CNC1CCS(=O)CC1. The van der Waals surface area contributed by atoms with Gasteiger partial charge in [0.15, 0.2) is 0 Å². The smallest absolute Gasteiger partial charge is 0.0522 e. The van der Waals surface area contributed by atoms with E-state index >= 15 is 0 Å². The standard InChI is InChI=1S/C12H21N3OS/c1-2-7-15-12(3-6-14-15)10-13-11-4-8-17(16)9-5-11/h3,6,11,13H,2,4-5,7-10H2,1H3. The molecule has 1 fully saturated rings. The van der Waals surface area contributed by atoms with Crippen molar-refractivity contribution in [2.75, 3.05) is 11.5 Å². The minimum atomic E-state index is -0.566. The van der Waals surface area contributed by atoms with Gasteiger partial charge in [0.1, 0.15) is 0 Å². The largest absolute Gasteiger partial charge is 0.308 e. The highest BCUT2D eigenvalue weighted by Crippen LogP contribution is 2.10. The lowest BCUT2D eigenvalue weighted by atomic mass is 10.1. The van der Waals surface area contributed by atoms with Gasteiger partial charge in [-0.15, -0.1) is 0 Å². The molecular formula is C12H21N3OS. The van der Waals surface area contributed by atoms with E-state index in [0.29, 0.717) is 6.04 Å². The second-order valence-corrected chi connectivity index (χ2v) is 6.25. The predicted octanol–water partition coefficient (Wildman–Crippen LogP) is 1.29. The van der Waals surface area contributed by atoms with Gasteiger partial charge in [0, 0.05) is 47.6 Å². The van der Waals surface area contributed by atoms with Crippen molar-refractivity contribution in [3.63, 3.8) is 0 Å². The van der Waals surface area contributed by atoms with E-state index in [2.05, 4.69) is 28.1 Å². The monoisotopic (exact) mass is 255 g/mol. The van der Waals surface area contributed by atoms with Crippen molar-refractivity contribution in [1.82, 2.24) is 15.1 Å². The van der Waals surface area contributed by atoms with Gasteiger partial charge < -0.3 is 5.32 Å². The molecule has 0 radical (unpaired) electrons. The highest BCUT2D eigenvalue weighted by atomic mass is 32.2.